The van der Waals surface area contributed by atoms with Gasteiger partial charge in [0.1, 0.15) is 11.4 Å². The molecule has 2 amide bonds. The number of amides is 2. The Hall–Kier alpha value is -1.66. The number of carbonyl (C=O) groups excluding carboxylic acids is 1. The van der Waals surface area contributed by atoms with Gasteiger partial charge in [-0.1, -0.05) is 30.9 Å². The summed E-state index contributed by atoms with van der Waals surface area (Å²) in [5, 5.41) is 0.719. The predicted molar refractivity (Wildman–Crippen MR) is 134 cm³/mol. The minimum absolute atomic E-state index is 0.191. The molecule has 2 saturated heterocycles. The van der Waals surface area contributed by atoms with Crippen molar-refractivity contribution in [2.75, 3.05) is 57.3 Å². The minimum Gasteiger partial charge on any atom is -0.486 e. The Balaban J connectivity index is 1.08. The van der Waals surface area contributed by atoms with Crippen molar-refractivity contribution in [3.63, 3.8) is 0 Å². The molecule has 3 fully saturated rings. The molecule has 6 nitrogen and oxygen atoms in total. The monoisotopic (exact) mass is 474 g/mol. The van der Waals surface area contributed by atoms with Crippen LogP contribution in [0.2, 0.25) is 5.02 Å². The van der Waals surface area contributed by atoms with Crippen molar-refractivity contribution < 1.29 is 9.53 Å². The Morgan fingerprint density at radius 3 is 2.52 bits per heavy atom. The zero-order valence-electron chi connectivity index (χ0n) is 20.3. The van der Waals surface area contributed by atoms with E-state index in [1.165, 1.54) is 43.4 Å². The average molecular weight is 475 g/mol. The zero-order chi connectivity index (χ0) is 23.0. The predicted octanol–water partition coefficient (Wildman–Crippen LogP) is 4.64. The lowest BCUT2D eigenvalue weighted by molar-refractivity contribution is 0.138. The number of urea groups is 1. The summed E-state index contributed by atoms with van der Waals surface area (Å²) in [5.41, 5.74) is 2.35. The molecule has 1 saturated carbocycles. The number of nitrogens with zero attached hydrogens (tertiary/aromatic N) is 4. The number of hydrogen-bond acceptors (Lipinski definition) is 4. The van der Waals surface area contributed by atoms with E-state index in [2.05, 4.69) is 39.5 Å². The van der Waals surface area contributed by atoms with Crippen molar-refractivity contribution in [2.24, 2.45) is 0 Å². The quantitative estimate of drug-likeness (QED) is 0.602. The molecular formula is C26H39ClN4O2. The molecule has 7 heteroatoms. The molecule has 3 aliphatic heterocycles. The van der Waals surface area contributed by atoms with Crippen LogP contribution in [0.15, 0.2) is 12.1 Å². The van der Waals surface area contributed by atoms with Gasteiger partial charge in [0.15, 0.2) is 0 Å². The number of anilines is 1. The van der Waals surface area contributed by atoms with Crippen molar-refractivity contribution in [3.8, 4) is 5.75 Å². The molecule has 1 aliphatic carbocycles. The maximum atomic E-state index is 12.9. The molecule has 1 aromatic carbocycles. The summed E-state index contributed by atoms with van der Waals surface area (Å²) in [5.74, 6) is 0.874. The summed E-state index contributed by atoms with van der Waals surface area (Å²) < 4.78 is 6.13. The topological polar surface area (TPSA) is 39.3 Å². The third kappa shape index (κ3) is 4.93. The Kier molecular flexibility index (Phi) is 6.67. The van der Waals surface area contributed by atoms with Gasteiger partial charge in [-0.15, -0.1) is 0 Å². The van der Waals surface area contributed by atoms with Crippen LogP contribution in [-0.2, 0) is 6.42 Å². The number of halogens is 1. The molecule has 182 valence electrons. The SMILES string of the molecule is CC1(C)Cc2c(N3CCN(CCCN4CCN(C5CCCCC5)C4=O)CC3)ccc(Cl)c2O1. The van der Waals surface area contributed by atoms with Crippen molar-refractivity contribution in [1.82, 2.24) is 14.7 Å². The van der Waals surface area contributed by atoms with Crippen molar-refractivity contribution >= 4 is 23.3 Å². The molecule has 0 atom stereocenters. The normalized spacial score (nSPS) is 23.8. The lowest BCUT2D eigenvalue weighted by Crippen LogP contribution is -2.47. The molecule has 5 rings (SSSR count). The Morgan fingerprint density at radius 2 is 1.76 bits per heavy atom. The van der Waals surface area contributed by atoms with Gasteiger partial charge in [-0.05, 0) is 51.8 Å². The van der Waals surface area contributed by atoms with Crippen LogP contribution >= 0.6 is 11.6 Å². The second-order valence-electron chi connectivity index (χ2n) is 10.8. The number of benzene rings is 1. The Bertz CT molecular complexity index is 862. The highest BCUT2D eigenvalue weighted by molar-refractivity contribution is 6.32. The van der Waals surface area contributed by atoms with E-state index in [-0.39, 0.29) is 11.6 Å². The molecule has 4 aliphatic rings. The van der Waals surface area contributed by atoms with E-state index < -0.39 is 0 Å². The lowest BCUT2D eigenvalue weighted by atomic mass is 9.94. The third-order valence-electron chi connectivity index (χ3n) is 7.93. The van der Waals surface area contributed by atoms with Gasteiger partial charge in [-0.25, -0.2) is 4.79 Å². The number of piperazine rings is 1. The highest BCUT2D eigenvalue weighted by atomic mass is 35.5. The summed E-state index contributed by atoms with van der Waals surface area (Å²) in [6, 6.07) is 4.93. The smallest absolute Gasteiger partial charge is 0.320 e. The maximum Gasteiger partial charge on any atom is 0.320 e. The number of fused-ring (bicyclic) bond motifs is 1. The highest BCUT2D eigenvalue weighted by Gasteiger charge is 2.36. The second-order valence-corrected chi connectivity index (χ2v) is 11.3. The molecule has 1 aromatic rings. The summed E-state index contributed by atoms with van der Waals surface area (Å²) in [6.45, 7) is 12.2. The molecule has 0 radical (unpaired) electrons. The molecule has 3 heterocycles. The zero-order valence-corrected chi connectivity index (χ0v) is 21.1. The molecular weight excluding hydrogens is 436 g/mol. The van der Waals surface area contributed by atoms with Gasteiger partial charge in [0, 0.05) is 69.5 Å². The van der Waals surface area contributed by atoms with E-state index in [0.29, 0.717) is 6.04 Å². The molecule has 0 spiro atoms. The number of hydrogen-bond donors (Lipinski definition) is 0. The molecule has 0 unspecified atom stereocenters. The summed E-state index contributed by atoms with van der Waals surface area (Å²) in [4.78, 5) is 22.1. The van der Waals surface area contributed by atoms with Crippen molar-refractivity contribution in [2.45, 2.75) is 70.4 Å². The van der Waals surface area contributed by atoms with Gasteiger partial charge in [-0.3, -0.25) is 4.90 Å². The van der Waals surface area contributed by atoms with E-state index in [0.717, 1.165) is 76.0 Å². The Labute approximate surface area is 203 Å². The average Bonchev–Trinajstić information content (AvgIpc) is 3.34. The first-order valence-corrected chi connectivity index (χ1v) is 13.3. The fourth-order valence-electron chi connectivity index (χ4n) is 6.14. The van der Waals surface area contributed by atoms with Crippen LogP contribution in [0.3, 0.4) is 0 Å². The van der Waals surface area contributed by atoms with Gasteiger partial charge in [0.2, 0.25) is 0 Å². The van der Waals surface area contributed by atoms with Gasteiger partial charge >= 0.3 is 6.03 Å². The van der Waals surface area contributed by atoms with E-state index in [1.807, 2.05) is 6.07 Å². The molecule has 33 heavy (non-hydrogen) atoms. The molecule has 0 N–H and O–H groups in total. The van der Waals surface area contributed by atoms with Gasteiger partial charge < -0.3 is 19.4 Å². The van der Waals surface area contributed by atoms with E-state index in [9.17, 15) is 4.79 Å². The number of rotatable bonds is 6. The minimum atomic E-state index is -0.191. The summed E-state index contributed by atoms with van der Waals surface area (Å²) >= 11 is 6.42. The van der Waals surface area contributed by atoms with Crippen LogP contribution in [-0.4, -0.2) is 84.7 Å². The number of ether oxygens (including phenoxy) is 1. The first-order chi connectivity index (χ1) is 15.9. The fraction of sp³-hybridized carbons (Fsp3) is 0.731. The standard InChI is InChI=1S/C26H39ClN4O2/c1-26(2)19-21-23(10-9-22(27)24(21)33-26)29-15-13-28(14-16-29)11-6-12-30-17-18-31(25(30)32)20-7-4-3-5-8-20/h9-10,20H,3-8,11-19H2,1-2H3. The maximum absolute atomic E-state index is 12.9. The van der Waals surface area contributed by atoms with Crippen LogP contribution in [0.25, 0.3) is 0 Å². The largest absolute Gasteiger partial charge is 0.486 e. The van der Waals surface area contributed by atoms with Gasteiger partial charge in [0.05, 0.1) is 5.02 Å². The fourth-order valence-corrected chi connectivity index (χ4v) is 6.36. The van der Waals surface area contributed by atoms with E-state index in [4.69, 9.17) is 16.3 Å². The molecule has 0 bridgehead atoms. The summed E-state index contributed by atoms with van der Waals surface area (Å²) in [6.07, 6.45) is 8.26. The first kappa shape index (κ1) is 23.1. The van der Waals surface area contributed by atoms with Gasteiger partial charge in [-0.2, -0.15) is 0 Å². The van der Waals surface area contributed by atoms with Crippen molar-refractivity contribution in [3.05, 3.63) is 22.7 Å². The summed E-state index contributed by atoms with van der Waals surface area (Å²) in [7, 11) is 0. The first-order valence-electron chi connectivity index (χ1n) is 12.9. The highest BCUT2D eigenvalue weighted by Crippen LogP contribution is 2.45. The van der Waals surface area contributed by atoms with Crippen molar-refractivity contribution in [1.29, 1.82) is 0 Å². The van der Waals surface area contributed by atoms with Crippen LogP contribution in [0, 0.1) is 0 Å². The van der Waals surface area contributed by atoms with E-state index >= 15 is 0 Å². The van der Waals surface area contributed by atoms with Crippen LogP contribution in [0.1, 0.15) is 57.9 Å². The Morgan fingerprint density at radius 1 is 1.00 bits per heavy atom. The third-order valence-corrected chi connectivity index (χ3v) is 8.22. The second kappa shape index (κ2) is 9.53. The van der Waals surface area contributed by atoms with Crippen LogP contribution in [0.4, 0.5) is 10.5 Å². The number of carbonyl (C=O) groups is 1. The van der Waals surface area contributed by atoms with Crippen LogP contribution in [0.5, 0.6) is 5.75 Å². The lowest BCUT2D eigenvalue weighted by Gasteiger charge is -2.37. The van der Waals surface area contributed by atoms with E-state index in [1.54, 1.807) is 0 Å². The van der Waals surface area contributed by atoms with Crippen LogP contribution < -0.4 is 9.64 Å². The van der Waals surface area contributed by atoms with Gasteiger partial charge in [0.25, 0.3) is 0 Å². The molecule has 0 aromatic heterocycles.